The molecule has 0 saturated carbocycles. The van der Waals surface area contributed by atoms with Crippen molar-refractivity contribution in [1.82, 2.24) is 4.98 Å². The normalized spacial score (nSPS) is 10.2. The maximum Gasteiger partial charge on any atom is 0.226 e. The summed E-state index contributed by atoms with van der Waals surface area (Å²) in [7, 11) is 0. The maximum absolute atomic E-state index is 11.6. The standard InChI is InChI=1S/C15H16N2O2/c1-3-4-8-14(18)17-13-7-5-6-12(9-13)15-16-10-11(2)19-15/h3,5-7,9-10H,1,4,8H2,2H3,(H,17,18). The Labute approximate surface area is 112 Å². The summed E-state index contributed by atoms with van der Waals surface area (Å²) in [5.74, 6) is 1.29. The van der Waals surface area contributed by atoms with Gasteiger partial charge in [-0.15, -0.1) is 6.58 Å². The van der Waals surface area contributed by atoms with Gasteiger partial charge in [-0.1, -0.05) is 12.1 Å². The van der Waals surface area contributed by atoms with Crippen LogP contribution >= 0.6 is 0 Å². The smallest absolute Gasteiger partial charge is 0.226 e. The van der Waals surface area contributed by atoms with Crippen LogP contribution < -0.4 is 5.32 Å². The molecule has 19 heavy (non-hydrogen) atoms. The van der Waals surface area contributed by atoms with E-state index in [1.54, 1.807) is 12.3 Å². The number of amides is 1. The van der Waals surface area contributed by atoms with E-state index in [1.165, 1.54) is 0 Å². The molecular weight excluding hydrogens is 240 g/mol. The summed E-state index contributed by atoms with van der Waals surface area (Å²) < 4.78 is 5.46. The van der Waals surface area contributed by atoms with Crippen LogP contribution in [0.2, 0.25) is 0 Å². The zero-order valence-electron chi connectivity index (χ0n) is 10.8. The maximum atomic E-state index is 11.6. The third-order valence-electron chi connectivity index (χ3n) is 2.59. The van der Waals surface area contributed by atoms with Gasteiger partial charge in [-0.25, -0.2) is 4.98 Å². The predicted molar refractivity (Wildman–Crippen MR) is 74.7 cm³/mol. The van der Waals surface area contributed by atoms with E-state index in [-0.39, 0.29) is 5.91 Å². The third-order valence-corrected chi connectivity index (χ3v) is 2.59. The van der Waals surface area contributed by atoms with Gasteiger partial charge in [-0.2, -0.15) is 0 Å². The number of allylic oxidation sites excluding steroid dienone is 1. The first-order valence-corrected chi connectivity index (χ1v) is 6.12. The zero-order chi connectivity index (χ0) is 13.7. The van der Waals surface area contributed by atoms with Crippen molar-refractivity contribution in [2.45, 2.75) is 19.8 Å². The SMILES string of the molecule is C=CCCC(=O)Nc1cccc(-c2ncc(C)o2)c1. The molecule has 0 bridgehead atoms. The number of hydrogen-bond acceptors (Lipinski definition) is 3. The van der Waals surface area contributed by atoms with Crippen LogP contribution in [0.4, 0.5) is 5.69 Å². The van der Waals surface area contributed by atoms with E-state index >= 15 is 0 Å². The van der Waals surface area contributed by atoms with Crippen molar-refractivity contribution in [3.05, 3.63) is 48.9 Å². The lowest BCUT2D eigenvalue weighted by Crippen LogP contribution is -2.10. The lowest BCUT2D eigenvalue weighted by Gasteiger charge is -2.05. The Balaban J connectivity index is 2.11. The molecule has 0 aliphatic carbocycles. The van der Waals surface area contributed by atoms with E-state index in [0.29, 0.717) is 18.7 Å². The second kappa shape index (κ2) is 6.00. The topological polar surface area (TPSA) is 55.1 Å². The number of aromatic nitrogens is 1. The molecule has 4 heteroatoms. The summed E-state index contributed by atoms with van der Waals surface area (Å²) in [5, 5.41) is 2.84. The van der Waals surface area contributed by atoms with E-state index in [0.717, 1.165) is 17.0 Å². The minimum absolute atomic E-state index is 0.0272. The Kier molecular flexibility index (Phi) is 4.13. The van der Waals surface area contributed by atoms with Gasteiger partial charge in [-0.3, -0.25) is 4.79 Å². The highest BCUT2D eigenvalue weighted by Gasteiger charge is 2.06. The fourth-order valence-corrected chi connectivity index (χ4v) is 1.67. The van der Waals surface area contributed by atoms with E-state index in [9.17, 15) is 4.79 Å². The fraction of sp³-hybridized carbons (Fsp3) is 0.200. The molecule has 0 atom stereocenters. The van der Waals surface area contributed by atoms with Crippen LogP contribution in [-0.2, 0) is 4.79 Å². The number of carbonyl (C=O) groups excluding carboxylic acids is 1. The molecule has 98 valence electrons. The monoisotopic (exact) mass is 256 g/mol. The van der Waals surface area contributed by atoms with Crippen molar-refractivity contribution >= 4 is 11.6 Å². The lowest BCUT2D eigenvalue weighted by atomic mass is 10.2. The quantitative estimate of drug-likeness (QED) is 0.832. The van der Waals surface area contributed by atoms with Crippen LogP contribution in [0.5, 0.6) is 0 Å². The number of nitrogens with one attached hydrogen (secondary N) is 1. The molecule has 0 spiro atoms. The molecule has 2 rings (SSSR count). The molecule has 2 aromatic rings. The minimum Gasteiger partial charge on any atom is -0.441 e. The van der Waals surface area contributed by atoms with Gasteiger partial charge in [0.15, 0.2) is 0 Å². The molecule has 1 amide bonds. The molecule has 0 saturated heterocycles. The Morgan fingerprint density at radius 2 is 2.37 bits per heavy atom. The summed E-state index contributed by atoms with van der Waals surface area (Å²) in [4.78, 5) is 15.8. The molecule has 4 nitrogen and oxygen atoms in total. The van der Waals surface area contributed by atoms with Crippen molar-refractivity contribution in [2.24, 2.45) is 0 Å². The van der Waals surface area contributed by atoms with Gasteiger partial charge in [-0.05, 0) is 31.5 Å². The van der Waals surface area contributed by atoms with Gasteiger partial charge in [0.2, 0.25) is 11.8 Å². The van der Waals surface area contributed by atoms with Crippen molar-refractivity contribution in [2.75, 3.05) is 5.32 Å². The van der Waals surface area contributed by atoms with Gasteiger partial charge in [0.25, 0.3) is 0 Å². The average molecular weight is 256 g/mol. The number of anilines is 1. The van der Waals surface area contributed by atoms with Gasteiger partial charge in [0.05, 0.1) is 6.20 Å². The number of benzene rings is 1. The molecule has 0 radical (unpaired) electrons. The number of carbonyl (C=O) groups is 1. The molecule has 1 heterocycles. The van der Waals surface area contributed by atoms with Crippen LogP contribution in [0.3, 0.4) is 0 Å². The van der Waals surface area contributed by atoms with Crippen LogP contribution in [0, 0.1) is 6.92 Å². The summed E-state index contributed by atoms with van der Waals surface area (Å²) >= 11 is 0. The van der Waals surface area contributed by atoms with Crippen LogP contribution in [-0.4, -0.2) is 10.9 Å². The van der Waals surface area contributed by atoms with E-state index in [4.69, 9.17) is 4.42 Å². The zero-order valence-corrected chi connectivity index (χ0v) is 10.8. The highest BCUT2D eigenvalue weighted by atomic mass is 16.4. The Bertz CT molecular complexity index is 587. The highest BCUT2D eigenvalue weighted by molar-refractivity contribution is 5.91. The molecule has 1 aromatic carbocycles. The molecule has 0 aliphatic rings. The first kappa shape index (κ1) is 13.1. The van der Waals surface area contributed by atoms with Gasteiger partial charge >= 0.3 is 0 Å². The van der Waals surface area contributed by atoms with Crippen molar-refractivity contribution in [1.29, 1.82) is 0 Å². The molecule has 0 fully saturated rings. The van der Waals surface area contributed by atoms with E-state index in [2.05, 4.69) is 16.9 Å². The van der Waals surface area contributed by atoms with Crippen molar-refractivity contribution in [3.8, 4) is 11.5 Å². The molecule has 1 N–H and O–H groups in total. The van der Waals surface area contributed by atoms with E-state index < -0.39 is 0 Å². The predicted octanol–water partition coefficient (Wildman–Crippen LogP) is 3.55. The van der Waals surface area contributed by atoms with Crippen molar-refractivity contribution < 1.29 is 9.21 Å². The number of aryl methyl sites for hydroxylation is 1. The van der Waals surface area contributed by atoms with Crippen molar-refractivity contribution in [3.63, 3.8) is 0 Å². The summed E-state index contributed by atoms with van der Waals surface area (Å²) in [6, 6.07) is 7.44. The molecule has 1 aromatic heterocycles. The van der Waals surface area contributed by atoms with Crippen LogP contribution in [0.1, 0.15) is 18.6 Å². The first-order valence-electron chi connectivity index (χ1n) is 6.12. The van der Waals surface area contributed by atoms with Gasteiger partial charge in [0, 0.05) is 17.7 Å². The minimum atomic E-state index is -0.0272. The number of nitrogens with zero attached hydrogens (tertiary/aromatic N) is 1. The summed E-state index contributed by atoms with van der Waals surface area (Å²) in [6.07, 6.45) is 4.51. The Hall–Kier alpha value is -2.36. The fourth-order valence-electron chi connectivity index (χ4n) is 1.67. The lowest BCUT2D eigenvalue weighted by molar-refractivity contribution is -0.116. The molecule has 0 unspecified atom stereocenters. The first-order chi connectivity index (χ1) is 9.19. The molecule has 0 aliphatic heterocycles. The summed E-state index contributed by atoms with van der Waals surface area (Å²) in [5.41, 5.74) is 1.58. The third kappa shape index (κ3) is 3.55. The average Bonchev–Trinajstić information content (AvgIpc) is 2.83. The second-order valence-corrected chi connectivity index (χ2v) is 4.23. The highest BCUT2D eigenvalue weighted by Crippen LogP contribution is 2.22. The van der Waals surface area contributed by atoms with Gasteiger partial charge in [0.1, 0.15) is 5.76 Å². The number of rotatable bonds is 5. The summed E-state index contributed by atoms with van der Waals surface area (Å²) in [6.45, 7) is 5.44. The van der Waals surface area contributed by atoms with Gasteiger partial charge < -0.3 is 9.73 Å². The largest absolute Gasteiger partial charge is 0.441 e. The Morgan fingerprint density at radius 3 is 3.05 bits per heavy atom. The van der Waals surface area contributed by atoms with E-state index in [1.807, 2.05) is 31.2 Å². The van der Waals surface area contributed by atoms with Crippen LogP contribution in [0.15, 0.2) is 47.5 Å². The number of hydrogen-bond donors (Lipinski definition) is 1. The Morgan fingerprint density at radius 1 is 1.53 bits per heavy atom. The van der Waals surface area contributed by atoms with Crippen LogP contribution in [0.25, 0.3) is 11.5 Å². The second-order valence-electron chi connectivity index (χ2n) is 4.23. The number of oxazole rings is 1. The molecular formula is C15H16N2O2.